The number of ether oxygens (including phenoxy) is 1. The first-order valence-corrected chi connectivity index (χ1v) is 5.76. The second kappa shape index (κ2) is 4.81. The van der Waals surface area contributed by atoms with E-state index >= 15 is 0 Å². The lowest BCUT2D eigenvalue weighted by atomic mass is 10.3. The van der Waals surface area contributed by atoms with Gasteiger partial charge >= 0.3 is 0 Å². The first kappa shape index (κ1) is 10.7. The Morgan fingerprint density at radius 2 is 1.80 bits per heavy atom. The molecule has 1 aromatic carbocycles. The van der Waals surface area contributed by atoms with Gasteiger partial charge in [0.05, 0.1) is 0 Å². The van der Waals surface area contributed by atoms with Crippen molar-refractivity contribution in [2.75, 3.05) is 0 Å². The lowest BCUT2D eigenvalue weighted by molar-refractivity contribution is 0.463. The molecule has 0 spiro atoms. The van der Waals surface area contributed by atoms with Gasteiger partial charge in [0.2, 0.25) is 5.88 Å². The van der Waals surface area contributed by atoms with E-state index in [1.165, 1.54) is 3.57 Å². The minimum absolute atomic E-state index is 0.429. The molecule has 0 saturated carbocycles. The molecular weight excluding hydrogens is 324 g/mol. The number of hydrogen-bond donors (Lipinski definition) is 0. The summed E-state index contributed by atoms with van der Waals surface area (Å²) in [7, 11) is 0. The molecule has 0 atom stereocenters. The smallest absolute Gasteiger partial charge is 0.220 e. The van der Waals surface area contributed by atoms with E-state index < -0.39 is 0 Å². The Balaban J connectivity index is 2.18. The van der Waals surface area contributed by atoms with Gasteiger partial charge < -0.3 is 4.74 Å². The van der Waals surface area contributed by atoms with Gasteiger partial charge in [0.1, 0.15) is 10.9 Å². The number of pyridine rings is 1. The SMILES string of the molecule is Clc1cccc(Oc2ccc(I)cc2)n1. The summed E-state index contributed by atoms with van der Waals surface area (Å²) in [5, 5.41) is 0.429. The standard InChI is InChI=1S/C11H7ClINO/c12-10-2-1-3-11(14-10)15-9-6-4-8(13)5-7-9/h1-7H. The van der Waals surface area contributed by atoms with Crippen molar-refractivity contribution in [3.63, 3.8) is 0 Å². The number of hydrogen-bond acceptors (Lipinski definition) is 2. The topological polar surface area (TPSA) is 22.1 Å². The van der Waals surface area contributed by atoms with Gasteiger partial charge in [-0.3, -0.25) is 0 Å². The van der Waals surface area contributed by atoms with Gasteiger partial charge in [0.25, 0.3) is 0 Å². The van der Waals surface area contributed by atoms with E-state index in [0.717, 1.165) is 5.75 Å². The van der Waals surface area contributed by atoms with E-state index in [2.05, 4.69) is 27.6 Å². The fraction of sp³-hybridized carbons (Fsp3) is 0. The molecule has 0 aliphatic carbocycles. The molecule has 0 radical (unpaired) electrons. The summed E-state index contributed by atoms with van der Waals surface area (Å²) in [5.41, 5.74) is 0. The minimum Gasteiger partial charge on any atom is -0.439 e. The van der Waals surface area contributed by atoms with E-state index in [4.69, 9.17) is 16.3 Å². The van der Waals surface area contributed by atoms with Crippen LogP contribution in [0.1, 0.15) is 0 Å². The largest absolute Gasteiger partial charge is 0.439 e. The maximum atomic E-state index is 5.74. The lowest BCUT2D eigenvalue weighted by Crippen LogP contribution is -1.87. The number of aromatic nitrogens is 1. The van der Waals surface area contributed by atoms with Crippen molar-refractivity contribution in [2.45, 2.75) is 0 Å². The van der Waals surface area contributed by atoms with Gasteiger partial charge in [-0.1, -0.05) is 17.7 Å². The number of halogens is 2. The van der Waals surface area contributed by atoms with Crippen LogP contribution in [0.5, 0.6) is 11.6 Å². The van der Waals surface area contributed by atoms with E-state index in [9.17, 15) is 0 Å². The Morgan fingerprint density at radius 3 is 2.47 bits per heavy atom. The first-order chi connectivity index (χ1) is 7.24. The van der Waals surface area contributed by atoms with Crippen LogP contribution in [0.3, 0.4) is 0 Å². The predicted octanol–water partition coefficient (Wildman–Crippen LogP) is 4.13. The van der Waals surface area contributed by atoms with Gasteiger partial charge in [0, 0.05) is 9.64 Å². The number of nitrogens with zero attached hydrogens (tertiary/aromatic N) is 1. The predicted molar refractivity (Wildman–Crippen MR) is 68.5 cm³/mol. The minimum atomic E-state index is 0.429. The Kier molecular flexibility index (Phi) is 3.43. The van der Waals surface area contributed by atoms with Crippen molar-refractivity contribution in [1.29, 1.82) is 0 Å². The monoisotopic (exact) mass is 331 g/mol. The van der Waals surface area contributed by atoms with Crippen LogP contribution < -0.4 is 4.74 Å². The Bertz CT molecular complexity index is 458. The van der Waals surface area contributed by atoms with Crippen LogP contribution in [0.2, 0.25) is 5.15 Å². The quantitative estimate of drug-likeness (QED) is 0.610. The maximum Gasteiger partial charge on any atom is 0.220 e. The molecule has 15 heavy (non-hydrogen) atoms. The van der Waals surface area contributed by atoms with Gasteiger partial charge in [-0.25, -0.2) is 4.98 Å². The Morgan fingerprint density at radius 1 is 1.07 bits per heavy atom. The van der Waals surface area contributed by atoms with Gasteiger partial charge in [-0.05, 0) is 52.9 Å². The highest BCUT2D eigenvalue weighted by Crippen LogP contribution is 2.21. The number of rotatable bonds is 2. The summed E-state index contributed by atoms with van der Waals surface area (Å²) >= 11 is 7.98. The molecule has 0 unspecified atom stereocenters. The van der Waals surface area contributed by atoms with E-state index in [0.29, 0.717) is 11.0 Å². The second-order valence-electron chi connectivity index (χ2n) is 2.85. The van der Waals surface area contributed by atoms with Gasteiger partial charge in [-0.15, -0.1) is 0 Å². The van der Waals surface area contributed by atoms with Crippen LogP contribution in [0, 0.1) is 3.57 Å². The fourth-order valence-electron chi connectivity index (χ4n) is 1.07. The van der Waals surface area contributed by atoms with Crippen LogP contribution in [-0.2, 0) is 0 Å². The van der Waals surface area contributed by atoms with Gasteiger partial charge in [0.15, 0.2) is 0 Å². The highest BCUT2D eigenvalue weighted by atomic mass is 127. The van der Waals surface area contributed by atoms with Crippen LogP contribution in [0.25, 0.3) is 0 Å². The zero-order valence-electron chi connectivity index (χ0n) is 7.65. The van der Waals surface area contributed by atoms with Gasteiger partial charge in [-0.2, -0.15) is 0 Å². The molecule has 0 aliphatic rings. The molecule has 4 heteroatoms. The normalized spacial score (nSPS) is 10.0. The molecule has 2 nitrogen and oxygen atoms in total. The zero-order chi connectivity index (χ0) is 10.7. The summed E-state index contributed by atoms with van der Waals surface area (Å²) in [6.07, 6.45) is 0. The van der Waals surface area contributed by atoms with E-state index in [1.807, 2.05) is 24.3 Å². The summed E-state index contributed by atoms with van der Waals surface area (Å²) < 4.78 is 6.68. The Labute approximate surface area is 106 Å². The Hall–Kier alpha value is -0.810. The van der Waals surface area contributed by atoms with E-state index in [-0.39, 0.29) is 0 Å². The highest BCUT2D eigenvalue weighted by molar-refractivity contribution is 14.1. The summed E-state index contributed by atoms with van der Waals surface area (Å²) in [4.78, 5) is 4.03. The van der Waals surface area contributed by atoms with Crippen molar-refractivity contribution in [2.24, 2.45) is 0 Å². The molecule has 76 valence electrons. The summed E-state index contributed by atoms with van der Waals surface area (Å²) in [6, 6.07) is 13.0. The molecule has 0 amide bonds. The molecule has 2 aromatic rings. The molecule has 0 fully saturated rings. The van der Waals surface area contributed by atoms with Crippen LogP contribution in [0.15, 0.2) is 42.5 Å². The van der Waals surface area contributed by atoms with Crippen LogP contribution in [-0.4, -0.2) is 4.98 Å². The molecule has 0 saturated heterocycles. The van der Waals surface area contributed by atoms with Crippen molar-refractivity contribution >= 4 is 34.2 Å². The van der Waals surface area contributed by atoms with Crippen molar-refractivity contribution in [3.05, 3.63) is 51.2 Å². The summed E-state index contributed by atoms with van der Waals surface area (Å²) in [6.45, 7) is 0. The second-order valence-corrected chi connectivity index (χ2v) is 4.49. The number of benzene rings is 1. The molecule has 0 aliphatic heterocycles. The third-order valence-corrected chi connectivity index (χ3v) is 2.66. The third kappa shape index (κ3) is 3.07. The molecule has 1 aromatic heterocycles. The molecule has 0 N–H and O–H groups in total. The van der Waals surface area contributed by atoms with Crippen LogP contribution >= 0.6 is 34.2 Å². The molecule has 2 rings (SSSR count). The fourth-order valence-corrected chi connectivity index (χ4v) is 1.59. The molecular formula is C11H7ClINO. The van der Waals surface area contributed by atoms with Crippen LogP contribution in [0.4, 0.5) is 0 Å². The maximum absolute atomic E-state index is 5.74. The third-order valence-electron chi connectivity index (χ3n) is 1.73. The first-order valence-electron chi connectivity index (χ1n) is 4.30. The molecule has 0 bridgehead atoms. The lowest BCUT2D eigenvalue weighted by Gasteiger charge is -2.04. The molecule has 1 heterocycles. The average molecular weight is 332 g/mol. The summed E-state index contributed by atoms with van der Waals surface area (Å²) in [5.74, 6) is 1.26. The highest BCUT2D eigenvalue weighted by Gasteiger charge is 1.98. The van der Waals surface area contributed by atoms with Crippen molar-refractivity contribution in [1.82, 2.24) is 4.98 Å². The van der Waals surface area contributed by atoms with Crippen molar-refractivity contribution in [3.8, 4) is 11.6 Å². The zero-order valence-corrected chi connectivity index (χ0v) is 10.6. The average Bonchev–Trinajstić information content (AvgIpc) is 2.22. The van der Waals surface area contributed by atoms with Crippen molar-refractivity contribution < 1.29 is 4.74 Å². The van der Waals surface area contributed by atoms with E-state index in [1.54, 1.807) is 18.2 Å².